The molecule has 0 aliphatic heterocycles. The lowest BCUT2D eigenvalue weighted by Gasteiger charge is -2.07. The molecule has 4 nitrogen and oxygen atoms in total. The van der Waals surface area contributed by atoms with E-state index in [1.807, 2.05) is 6.07 Å². The number of rotatable bonds is 4. The van der Waals surface area contributed by atoms with Crippen molar-refractivity contribution in [2.24, 2.45) is 5.73 Å². The summed E-state index contributed by atoms with van der Waals surface area (Å²) in [6.45, 7) is 0. The van der Waals surface area contributed by atoms with E-state index in [4.69, 9.17) is 15.3 Å². The molecule has 1 aromatic rings. The van der Waals surface area contributed by atoms with Gasteiger partial charge < -0.3 is 15.3 Å². The third-order valence-corrected chi connectivity index (χ3v) is 3.17. The maximum Gasteiger partial charge on any atom is 0.305 e. The molecule has 1 aliphatic carbocycles. The second kappa shape index (κ2) is 4.70. The number of furan rings is 1. The van der Waals surface area contributed by atoms with Gasteiger partial charge in [0.05, 0.1) is 12.5 Å². The Kier molecular flexibility index (Phi) is 3.29. The van der Waals surface area contributed by atoms with E-state index in [9.17, 15) is 4.79 Å². The second-order valence-corrected chi connectivity index (χ2v) is 4.43. The Balaban J connectivity index is 2.03. The van der Waals surface area contributed by atoms with Crippen LogP contribution in [0.25, 0.3) is 0 Å². The minimum atomic E-state index is -0.897. The van der Waals surface area contributed by atoms with Crippen molar-refractivity contribution in [1.29, 1.82) is 0 Å². The van der Waals surface area contributed by atoms with E-state index >= 15 is 0 Å². The number of aliphatic carboxylic acids is 1. The summed E-state index contributed by atoms with van der Waals surface area (Å²) in [5, 5.41) is 8.64. The van der Waals surface area contributed by atoms with Gasteiger partial charge in [0.2, 0.25) is 0 Å². The molecule has 3 N–H and O–H groups in total. The molecule has 0 amide bonds. The third-order valence-electron chi connectivity index (χ3n) is 3.17. The van der Waals surface area contributed by atoms with Crippen LogP contribution < -0.4 is 5.73 Å². The van der Waals surface area contributed by atoms with E-state index < -0.39 is 12.0 Å². The lowest BCUT2D eigenvalue weighted by atomic mass is 10.1. The van der Waals surface area contributed by atoms with Crippen LogP contribution in [0.2, 0.25) is 0 Å². The zero-order valence-electron chi connectivity index (χ0n) is 9.19. The highest BCUT2D eigenvalue weighted by Crippen LogP contribution is 2.35. The summed E-state index contributed by atoms with van der Waals surface area (Å²) in [5.74, 6) is 1.16. The van der Waals surface area contributed by atoms with Crippen LogP contribution in [-0.2, 0) is 4.79 Å². The van der Waals surface area contributed by atoms with Crippen LogP contribution in [0.15, 0.2) is 16.5 Å². The fourth-order valence-corrected chi connectivity index (χ4v) is 2.29. The van der Waals surface area contributed by atoms with Crippen molar-refractivity contribution in [3.05, 3.63) is 23.7 Å². The van der Waals surface area contributed by atoms with E-state index in [0.717, 1.165) is 5.76 Å². The zero-order valence-corrected chi connectivity index (χ0v) is 9.19. The largest absolute Gasteiger partial charge is 0.481 e. The molecule has 0 saturated heterocycles. The Morgan fingerprint density at radius 3 is 2.81 bits per heavy atom. The third kappa shape index (κ3) is 2.44. The van der Waals surface area contributed by atoms with Gasteiger partial charge in [0.25, 0.3) is 0 Å². The first kappa shape index (κ1) is 11.2. The highest BCUT2D eigenvalue weighted by Gasteiger charge is 2.22. The van der Waals surface area contributed by atoms with Crippen LogP contribution in [0, 0.1) is 0 Å². The molecule has 1 unspecified atom stereocenters. The first-order valence-electron chi connectivity index (χ1n) is 5.74. The summed E-state index contributed by atoms with van der Waals surface area (Å²) >= 11 is 0. The van der Waals surface area contributed by atoms with Crippen LogP contribution in [0.3, 0.4) is 0 Å². The number of hydrogen-bond donors (Lipinski definition) is 2. The predicted molar refractivity (Wildman–Crippen MR) is 59.1 cm³/mol. The number of carboxylic acid groups (broad SMARTS) is 1. The number of nitrogens with two attached hydrogens (primary N) is 1. The van der Waals surface area contributed by atoms with Crippen LogP contribution >= 0.6 is 0 Å². The highest BCUT2D eigenvalue weighted by molar-refractivity contribution is 5.67. The molecule has 0 bridgehead atoms. The first-order valence-corrected chi connectivity index (χ1v) is 5.74. The monoisotopic (exact) mass is 223 g/mol. The van der Waals surface area contributed by atoms with Gasteiger partial charge in [0.1, 0.15) is 11.5 Å². The summed E-state index contributed by atoms with van der Waals surface area (Å²) in [6.07, 6.45) is 4.75. The van der Waals surface area contributed by atoms with Gasteiger partial charge in [-0.05, 0) is 25.0 Å². The van der Waals surface area contributed by atoms with Crippen LogP contribution in [0.5, 0.6) is 0 Å². The fraction of sp³-hybridized carbons (Fsp3) is 0.583. The number of hydrogen-bond acceptors (Lipinski definition) is 3. The molecule has 0 spiro atoms. The minimum absolute atomic E-state index is 0.0857. The Morgan fingerprint density at radius 1 is 1.50 bits per heavy atom. The minimum Gasteiger partial charge on any atom is -0.481 e. The highest BCUT2D eigenvalue weighted by atomic mass is 16.4. The van der Waals surface area contributed by atoms with E-state index in [1.165, 1.54) is 25.7 Å². The molecule has 88 valence electrons. The van der Waals surface area contributed by atoms with Gasteiger partial charge in [-0.3, -0.25) is 4.79 Å². The van der Waals surface area contributed by atoms with Crippen molar-refractivity contribution in [2.45, 2.75) is 44.1 Å². The van der Waals surface area contributed by atoms with E-state index in [-0.39, 0.29) is 6.42 Å². The lowest BCUT2D eigenvalue weighted by molar-refractivity contribution is -0.137. The maximum atomic E-state index is 10.5. The van der Waals surface area contributed by atoms with Crippen LogP contribution in [0.1, 0.15) is 55.6 Å². The first-order chi connectivity index (χ1) is 7.66. The molecule has 2 rings (SSSR count). The quantitative estimate of drug-likeness (QED) is 0.821. The smallest absolute Gasteiger partial charge is 0.305 e. The summed E-state index contributed by atoms with van der Waals surface area (Å²) in [4.78, 5) is 10.5. The average molecular weight is 223 g/mol. The zero-order chi connectivity index (χ0) is 11.5. The summed E-state index contributed by atoms with van der Waals surface area (Å²) in [7, 11) is 0. The Hall–Kier alpha value is -1.29. The molecular weight excluding hydrogens is 206 g/mol. The van der Waals surface area contributed by atoms with Crippen molar-refractivity contribution in [3.8, 4) is 0 Å². The fourth-order valence-electron chi connectivity index (χ4n) is 2.29. The molecular formula is C12H17NO3. The summed E-state index contributed by atoms with van der Waals surface area (Å²) < 4.78 is 5.64. The molecule has 1 aliphatic rings. The molecule has 4 heteroatoms. The normalized spacial score (nSPS) is 18.8. The van der Waals surface area contributed by atoms with Crippen LogP contribution in [-0.4, -0.2) is 11.1 Å². The second-order valence-electron chi connectivity index (χ2n) is 4.43. The molecule has 0 aromatic carbocycles. The Bertz CT molecular complexity index is 366. The maximum absolute atomic E-state index is 10.5. The van der Waals surface area contributed by atoms with Gasteiger partial charge in [-0.25, -0.2) is 0 Å². The van der Waals surface area contributed by atoms with Crippen molar-refractivity contribution in [3.63, 3.8) is 0 Å². The molecule has 1 atom stereocenters. The Labute approximate surface area is 94.4 Å². The molecule has 16 heavy (non-hydrogen) atoms. The van der Waals surface area contributed by atoms with E-state index in [2.05, 4.69) is 0 Å². The van der Waals surface area contributed by atoms with Crippen molar-refractivity contribution in [2.75, 3.05) is 0 Å². The SMILES string of the molecule is NC(CC(=O)O)c1ccc(C2CCCC2)o1. The standard InChI is InChI=1S/C12H17NO3/c13-9(7-12(14)15)11-6-5-10(16-11)8-3-1-2-4-8/h5-6,8-9H,1-4,7,13H2,(H,14,15). The van der Waals surface area contributed by atoms with Gasteiger partial charge in [-0.1, -0.05) is 12.8 Å². The molecule has 1 fully saturated rings. The summed E-state index contributed by atoms with van der Waals surface area (Å²) in [6, 6.07) is 3.21. The number of carbonyl (C=O) groups is 1. The van der Waals surface area contributed by atoms with Gasteiger partial charge in [0.15, 0.2) is 0 Å². The van der Waals surface area contributed by atoms with Gasteiger partial charge in [0, 0.05) is 5.92 Å². The average Bonchev–Trinajstić information content (AvgIpc) is 2.87. The van der Waals surface area contributed by atoms with Crippen molar-refractivity contribution in [1.82, 2.24) is 0 Å². The topological polar surface area (TPSA) is 76.5 Å². The predicted octanol–water partition coefficient (Wildman–Crippen LogP) is 2.41. The molecule has 1 heterocycles. The molecule has 1 saturated carbocycles. The van der Waals surface area contributed by atoms with E-state index in [1.54, 1.807) is 6.07 Å². The molecule has 1 aromatic heterocycles. The summed E-state index contributed by atoms with van der Waals surface area (Å²) in [5.41, 5.74) is 5.73. The number of carboxylic acids is 1. The van der Waals surface area contributed by atoms with E-state index in [0.29, 0.717) is 11.7 Å². The Morgan fingerprint density at radius 2 is 2.19 bits per heavy atom. The van der Waals surface area contributed by atoms with Gasteiger partial charge >= 0.3 is 5.97 Å². The van der Waals surface area contributed by atoms with Crippen LogP contribution in [0.4, 0.5) is 0 Å². The molecule has 0 radical (unpaired) electrons. The van der Waals surface area contributed by atoms with Gasteiger partial charge in [-0.15, -0.1) is 0 Å². The van der Waals surface area contributed by atoms with Crippen molar-refractivity contribution < 1.29 is 14.3 Å². The van der Waals surface area contributed by atoms with Gasteiger partial charge in [-0.2, -0.15) is 0 Å². The lowest BCUT2D eigenvalue weighted by Crippen LogP contribution is -2.14. The van der Waals surface area contributed by atoms with Crippen molar-refractivity contribution >= 4 is 5.97 Å².